The zero-order valence-electron chi connectivity index (χ0n) is 12.6. The van der Waals surface area contributed by atoms with E-state index in [0.29, 0.717) is 13.1 Å². The van der Waals surface area contributed by atoms with Crippen molar-refractivity contribution in [2.75, 3.05) is 23.3 Å². The van der Waals surface area contributed by atoms with Gasteiger partial charge in [0.25, 0.3) is 5.91 Å². The average Bonchev–Trinajstić information content (AvgIpc) is 3.03. The van der Waals surface area contributed by atoms with Crippen molar-refractivity contribution in [1.82, 2.24) is 0 Å². The largest absolute Gasteiger partial charge is 0.367 e. The number of nitrogens with zero attached hydrogens (tertiary/aromatic N) is 1. The molecule has 1 aliphatic rings. The predicted octanol–water partition coefficient (Wildman–Crippen LogP) is 5.12. The number of rotatable bonds is 3. The molecule has 0 radical (unpaired) electrons. The molecule has 1 aliphatic heterocycles. The van der Waals surface area contributed by atoms with Crippen LogP contribution in [0.15, 0.2) is 30.3 Å². The van der Waals surface area contributed by atoms with Gasteiger partial charge in [-0.1, -0.05) is 29.3 Å². The van der Waals surface area contributed by atoms with Gasteiger partial charge in [0.15, 0.2) is 11.6 Å². The third-order valence-corrected chi connectivity index (χ3v) is 4.71. The molecule has 1 heterocycles. The minimum Gasteiger partial charge on any atom is -0.367 e. The SMILES string of the molecule is O=C(Nc1cc(F)c(N2CCCC2)c(F)c1)c1cccc(Cl)c1Cl. The topological polar surface area (TPSA) is 32.3 Å². The van der Waals surface area contributed by atoms with Gasteiger partial charge in [-0.05, 0) is 37.1 Å². The van der Waals surface area contributed by atoms with Crippen molar-refractivity contribution >= 4 is 40.5 Å². The smallest absolute Gasteiger partial charge is 0.257 e. The van der Waals surface area contributed by atoms with Gasteiger partial charge in [0, 0.05) is 18.8 Å². The van der Waals surface area contributed by atoms with Crippen LogP contribution < -0.4 is 10.2 Å². The second-order valence-corrected chi connectivity index (χ2v) is 6.32. The van der Waals surface area contributed by atoms with Gasteiger partial charge in [0.1, 0.15) is 5.69 Å². The third-order valence-electron chi connectivity index (χ3n) is 3.89. The average molecular weight is 371 g/mol. The molecule has 1 amide bonds. The van der Waals surface area contributed by atoms with Crippen LogP contribution in [0, 0.1) is 11.6 Å². The summed E-state index contributed by atoms with van der Waals surface area (Å²) in [7, 11) is 0. The molecule has 0 spiro atoms. The standard InChI is InChI=1S/C17H14Cl2F2N2O/c18-12-5-3-4-11(15(12)19)17(24)22-10-8-13(20)16(14(21)9-10)23-6-1-2-7-23/h3-5,8-9H,1-2,6-7H2,(H,22,24). The third kappa shape index (κ3) is 3.32. The van der Waals surface area contributed by atoms with Crippen LogP contribution in [0.3, 0.4) is 0 Å². The Morgan fingerprint density at radius 1 is 1.08 bits per heavy atom. The lowest BCUT2D eigenvalue weighted by Gasteiger charge is -2.20. The van der Waals surface area contributed by atoms with Crippen molar-refractivity contribution in [3.8, 4) is 0 Å². The highest BCUT2D eigenvalue weighted by Gasteiger charge is 2.22. The fourth-order valence-corrected chi connectivity index (χ4v) is 3.14. The summed E-state index contributed by atoms with van der Waals surface area (Å²) in [4.78, 5) is 13.9. The van der Waals surface area contributed by atoms with Crippen LogP contribution in [0.2, 0.25) is 10.0 Å². The van der Waals surface area contributed by atoms with Crippen molar-refractivity contribution in [2.45, 2.75) is 12.8 Å². The Morgan fingerprint density at radius 2 is 1.71 bits per heavy atom. The Labute approximate surface area is 148 Å². The van der Waals surface area contributed by atoms with Gasteiger partial charge in [0.2, 0.25) is 0 Å². The van der Waals surface area contributed by atoms with Crippen LogP contribution >= 0.6 is 23.2 Å². The molecule has 1 N–H and O–H groups in total. The monoisotopic (exact) mass is 370 g/mol. The maximum Gasteiger partial charge on any atom is 0.257 e. The van der Waals surface area contributed by atoms with Crippen LogP contribution in [-0.4, -0.2) is 19.0 Å². The van der Waals surface area contributed by atoms with Gasteiger partial charge < -0.3 is 10.2 Å². The molecule has 7 heteroatoms. The van der Waals surface area contributed by atoms with Crippen LogP contribution in [-0.2, 0) is 0 Å². The summed E-state index contributed by atoms with van der Waals surface area (Å²) in [5.74, 6) is -2.00. The molecule has 0 saturated carbocycles. The molecule has 2 aromatic carbocycles. The Bertz CT molecular complexity index is 769. The maximum absolute atomic E-state index is 14.3. The minimum atomic E-state index is -0.704. The molecular formula is C17H14Cl2F2N2O. The van der Waals surface area contributed by atoms with E-state index in [2.05, 4.69) is 5.32 Å². The Hall–Kier alpha value is -1.85. The van der Waals surface area contributed by atoms with Gasteiger partial charge in [0.05, 0.1) is 15.6 Å². The number of benzene rings is 2. The van der Waals surface area contributed by atoms with Crippen molar-refractivity contribution in [1.29, 1.82) is 0 Å². The number of hydrogen-bond donors (Lipinski definition) is 1. The minimum absolute atomic E-state index is 0.0222. The summed E-state index contributed by atoms with van der Waals surface area (Å²) in [5, 5.41) is 2.76. The first-order chi connectivity index (χ1) is 11.5. The summed E-state index contributed by atoms with van der Waals surface area (Å²) in [5.41, 5.74) is 0.105. The van der Waals surface area contributed by atoms with E-state index >= 15 is 0 Å². The lowest BCUT2D eigenvalue weighted by atomic mass is 10.2. The predicted molar refractivity (Wildman–Crippen MR) is 92.2 cm³/mol. The highest BCUT2D eigenvalue weighted by molar-refractivity contribution is 6.44. The van der Waals surface area contributed by atoms with Gasteiger partial charge >= 0.3 is 0 Å². The molecule has 3 rings (SSSR count). The summed E-state index contributed by atoms with van der Waals surface area (Å²) in [6.07, 6.45) is 1.81. The molecule has 0 bridgehead atoms. The van der Waals surface area contributed by atoms with Crippen molar-refractivity contribution < 1.29 is 13.6 Å². The fraction of sp³-hybridized carbons (Fsp3) is 0.235. The number of carbonyl (C=O) groups excluding carboxylic acids is 1. The fourth-order valence-electron chi connectivity index (χ4n) is 2.76. The Balaban J connectivity index is 1.85. The number of hydrogen-bond acceptors (Lipinski definition) is 2. The van der Waals surface area contributed by atoms with Crippen LogP contribution in [0.4, 0.5) is 20.2 Å². The van der Waals surface area contributed by atoms with E-state index in [9.17, 15) is 13.6 Å². The van der Waals surface area contributed by atoms with Crippen LogP contribution in [0.5, 0.6) is 0 Å². The maximum atomic E-state index is 14.3. The van der Waals surface area contributed by atoms with Gasteiger partial charge in [-0.3, -0.25) is 4.79 Å². The quantitative estimate of drug-likeness (QED) is 0.812. The molecule has 0 aromatic heterocycles. The van der Waals surface area contributed by atoms with Crippen molar-refractivity contribution in [3.05, 3.63) is 57.6 Å². The van der Waals surface area contributed by atoms with Gasteiger partial charge in [-0.25, -0.2) is 8.78 Å². The number of halogens is 4. The van der Waals surface area contributed by atoms with Crippen LogP contribution in [0.25, 0.3) is 0 Å². The molecule has 0 atom stereocenters. The Kier molecular flexibility index (Phi) is 4.92. The lowest BCUT2D eigenvalue weighted by Crippen LogP contribution is -2.21. The van der Waals surface area contributed by atoms with E-state index in [1.807, 2.05) is 0 Å². The zero-order chi connectivity index (χ0) is 17.3. The lowest BCUT2D eigenvalue weighted by molar-refractivity contribution is 0.102. The molecule has 2 aromatic rings. The summed E-state index contributed by atoms with van der Waals surface area (Å²) in [6, 6.07) is 6.81. The first-order valence-electron chi connectivity index (χ1n) is 7.46. The summed E-state index contributed by atoms with van der Waals surface area (Å²) >= 11 is 11.8. The number of amides is 1. The zero-order valence-corrected chi connectivity index (χ0v) is 14.1. The number of anilines is 2. The van der Waals surface area contributed by atoms with E-state index < -0.39 is 17.5 Å². The number of nitrogens with one attached hydrogen (secondary N) is 1. The van der Waals surface area contributed by atoms with Crippen LogP contribution in [0.1, 0.15) is 23.2 Å². The highest BCUT2D eigenvalue weighted by atomic mass is 35.5. The van der Waals surface area contributed by atoms with Crippen molar-refractivity contribution in [2.24, 2.45) is 0 Å². The summed E-state index contributed by atoms with van der Waals surface area (Å²) in [6.45, 7) is 1.25. The summed E-state index contributed by atoms with van der Waals surface area (Å²) < 4.78 is 28.6. The van der Waals surface area contributed by atoms with Crippen molar-refractivity contribution in [3.63, 3.8) is 0 Å². The Morgan fingerprint density at radius 3 is 2.33 bits per heavy atom. The van der Waals surface area contributed by atoms with E-state index in [4.69, 9.17) is 23.2 Å². The molecule has 3 nitrogen and oxygen atoms in total. The van der Waals surface area contributed by atoms with E-state index in [-0.39, 0.29) is 27.0 Å². The first-order valence-corrected chi connectivity index (χ1v) is 8.22. The normalized spacial score (nSPS) is 14.1. The van der Waals surface area contributed by atoms with Gasteiger partial charge in [-0.15, -0.1) is 0 Å². The second-order valence-electron chi connectivity index (χ2n) is 5.54. The second kappa shape index (κ2) is 6.95. The molecule has 0 unspecified atom stereocenters. The van der Waals surface area contributed by atoms with E-state index in [0.717, 1.165) is 25.0 Å². The molecule has 1 saturated heterocycles. The molecular weight excluding hydrogens is 357 g/mol. The first kappa shape index (κ1) is 17.0. The molecule has 126 valence electrons. The molecule has 24 heavy (non-hydrogen) atoms. The highest BCUT2D eigenvalue weighted by Crippen LogP contribution is 2.31. The molecule has 0 aliphatic carbocycles. The molecule has 1 fully saturated rings. The van der Waals surface area contributed by atoms with E-state index in [1.54, 1.807) is 17.0 Å². The van der Waals surface area contributed by atoms with E-state index in [1.165, 1.54) is 6.07 Å². The van der Waals surface area contributed by atoms with Gasteiger partial charge in [-0.2, -0.15) is 0 Å². The number of carbonyl (C=O) groups is 1.